The zero-order chi connectivity index (χ0) is 11.3. The van der Waals surface area contributed by atoms with E-state index in [0.29, 0.717) is 0 Å². The van der Waals surface area contributed by atoms with Gasteiger partial charge in [-0.05, 0) is 0 Å². The Morgan fingerprint density at radius 3 is 2.14 bits per heavy atom. The lowest BCUT2D eigenvalue weighted by atomic mass is 10.2. The van der Waals surface area contributed by atoms with Crippen LogP contribution in [-0.2, 0) is 14.3 Å². The molecule has 0 bridgehead atoms. The van der Waals surface area contributed by atoms with Crippen LogP contribution in [0, 0.1) is 5.92 Å². The van der Waals surface area contributed by atoms with Gasteiger partial charge in [0.05, 0.1) is 12.5 Å². The highest BCUT2D eigenvalue weighted by Gasteiger charge is 2.29. The number of rotatable bonds is 5. The van der Waals surface area contributed by atoms with Crippen molar-refractivity contribution in [3.05, 3.63) is 0 Å². The molecule has 82 valence electrons. The summed E-state index contributed by atoms with van der Waals surface area (Å²) in [5.41, 5.74) is 0. The molecule has 0 rings (SSSR count). The van der Waals surface area contributed by atoms with E-state index < -0.39 is 36.7 Å². The number of carboxylic acids is 1. The van der Waals surface area contributed by atoms with Crippen LogP contribution in [0.3, 0.4) is 0 Å². The van der Waals surface area contributed by atoms with Gasteiger partial charge in [-0.1, -0.05) is 13.8 Å². The Hall–Kier alpha value is -1.14. The molecule has 6 heteroatoms. The molecule has 14 heavy (non-hydrogen) atoms. The molecule has 0 amide bonds. The van der Waals surface area contributed by atoms with Crippen molar-refractivity contribution in [2.75, 3.05) is 6.61 Å². The molecule has 0 aliphatic rings. The first-order valence-corrected chi connectivity index (χ1v) is 4.12. The standard InChI is InChI=1S/C8H14O6/c1-4(2)8(13)14-5(3-9)6(10)7(11)12/h4-6,9-10H,3H2,1-2H3,(H,11,12). The first-order valence-electron chi connectivity index (χ1n) is 4.12. The molecule has 0 aliphatic heterocycles. The Morgan fingerprint density at radius 2 is 1.86 bits per heavy atom. The fourth-order valence-corrected chi connectivity index (χ4v) is 0.646. The summed E-state index contributed by atoms with van der Waals surface area (Å²) in [7, 11) is 0. The number of carboxylic acid groups (broad SMARTS) is 1. The number of hydrogen-bond acceptors (Lipinski definition) is 5. The van der Waals surface area contributed by atoms with Crippen molar-refractivity contribution in [3.63, 3.8) is 0 Å². The minimum atomic E-state index is -1.90. The molecular weight excluding hydrogens is 192 g/mol. The van der Waals surface area contributed by atoms with E-state index in [-0.39, 0.29) is 0 Å². The summed E-state index contributed by atoms with van der Waals surface area (Å²) in [5, 5.41) is 26.0. The largest absolute Gasteiger partial charge is 0.479 e. The van der Waals surface area contributed by atoms with Crippen molar-refractivity contribution in [2.45, 2.75) is 26.1 Å². The summed E-state index contributed by atoms with van der Waals surface area (Å²) >= 11 is 0. The summed E-state index contributed by atoms with van der Waals surface area (Å²) in [4.78, 5) is 21.3. The Labute approximate surface area is 81.1 Å². The maximum atomic E-state index is 11.0. The minimum absolute atomic E-state index is 0.440. The average molecular weight is 206 g/mol. The van der Waals surface area contributed by atoms with Crippen molar-refractivity contribution in [2.24, 2.45) is 5.92 Å². The number of ether oxygens (including phenoxy) is 1. The zero-order valence-corrected chi connectivity index (χ0v) is 8.01. The molecule has 3 N–H and O–H groups in total. The van der Waals surface area contributed by atoms with Crippen molar-refractivity contribution >= 4 is 11.9 Å². The average Bonchev–Trinajstić information content (AvgIpc) is 2.12. The molecule has 2 atom stereocenters. The minimum Gasteiger partial charge on any atom is -0.479 e. The van der Waals surface area contributed by atoms with Gasteiger partial charge in [0.1, 0.15) is 0 Å². The second-order valence-electron chi connectivity index (χ2n) is 3.10. The van der Waals surface area contributed by atoms with Gasteiger partial charge in [-0.15, -0.1) is 0 Å². The zero-order valence-electron chi connectivity index (χ0n) is 8.01. The van der Waals surface area contributed by atoms with E-state index in [1.54, 1.807) is 13.8 Å². The van der Waals surface area contributed by atoms with Gasteiger partial charge in [-0.25, -0.2) is 4.79 Å². The van der Waals surface area contributed by atoms with Gasteiger partial charge < -0.3 is 20.1 Å². The number of esters is 1. The van der Waals surface area contributed by atoms with Gasteiger partial charge in [0, 0.05) is 0 Å². The number of carbonyl (C=O) groups excluding carboxylic acids is 1. The van der Waals surface area contributed by atoms with Crippen LogP contribution < -0.4 is 0 Å². The molecule has 6 nitrogen and oxygen atoms in total. The Bertz CT molecular complexity index is 212. The van der Waals surface area contributed by atoms with Crippen molar-refractivity contribution < 1.29 is 29.6 Å². The summed E-state index contributed by atoms with van der Waals surface area (Å²) in [6, 6.07) is 0. The molecule has 0 saturated heterocycles. The van der Waals surface area contributed by atoms with Crippen LogP contribution in [0.4, 0.5) is 0 Å². The van der Waals surface area contributed by atoms with Crippen molar-refractivity contribution in [1.82, 2.24) is 0 Å². The van der Waals surface area contributed by atoms with E-state index in [9.17, 15) is 9.59 Å². The van der Waals surface area contributed by atoms with Gasteiger partial charge in [0.25, 0.3) is 0 Å². The first kappa shape index (κ1) is 12.9. The molecule has 0 fully saturated rings. The quantitative estimate of drug-likeness (QED) is 0.498. The smallest absolute Gasteiger partial charge is 0.336 e. The Kier molecular flexibility index (Phi) is 5.11. The van der Waals surface area contributed by atoms with E-state index in [0.717, 1.165) is 0 Å². The number of carbonyl (C=O) groups is 2. The molecule has 0 aromatic carbocycles. The fourth-order valence-electron chi connectivity index (χ4n) is 0.646. The number of aliphatic hydroxyl groups excluding tert-OH is 2. The van der Waals surface area contributed by atoms with Gasteiger partial charge in [0.2, 0.25) is 0 Å². The van der Waals surface area contributed by atoms with Crippen molar-refractivity contribution in [1.29, 1.82) is 0 Å². The molecular formula is C8H14O6. The Morgan fingerprint density at radius 1 is 1.36 bits per heavy atom. The predicted molar refractivity (Wildman–Crippen MR) is 45.4 cm³/mol. The lowest BCUT2D eigenvalue weighted by Crippen LogP contribution is -2.40. The van der Waals surface area contributed by atoms with Gasteiger partial charge in [-0.2, -0.15) is 0 Å². The molecule has 0 aromatic heterocycles. The lowest BCUT2D eigenvalue weighted by molar-refractivity contribution is -0.170. The number of hydrogen-bond donors (Lipinski definition) is 3. The lowest BCUT2D eigenvalue weighted by Gasteiger charge is -2.19. The van der Waals surface area contributed by atoms with Crippen LogP contribution in [0.5, 0.6) is 0 Å². The topological polar surface area (TPSA) is 104 Å². The molecule has 0 aliphatic carbocycles. The molecule has 0 aromatic rings. The maximum Gasteiger partial charge on any atom is 0.336 e. The third-order valence-corrected chi connectivity index (χ3v) is 1.52. The van der Waals surface area contributed by atoms with E-state index in [1.807, 2.05) is 0 Å². The van der Waals surface area contributed by atoms with E-state index in [2.05, 4.69) is 4.74 Å². The van der Waals surface area contributed by atoms with Crippen LogP contribution in [-0.4, -0.2) is 46.1 Å². The third-order valence-electron chi connectivity index (χ3n) is 1.52. The summed E-state index contributed by atoms with van der Waals surface area (Å²) in [6.07, 6.45) is -3.31. The highest BCUT2D eigenvalue weighted by Crippen LogP contribution is 2.04. The second-order valence-corrected chi connectivity index (χ2v) is 3.10. The molecule has 0 spiro atoms. The maximum absolute atomic E-state index is 11.0. The monoisotopic (exact) mass is 206 g/mol. The summed E-state index contributed by atoms with van der Waals surface area (Å²) < 4.78 is 4.56. The van der Waals surface area contributed by atoms with E-state index >= 15 is 0 Å². The highest BCUT2D eigenvalue weighted by atomic mass is 16.6. The van der Waals surface area contributed by atoms with Crippen LogP contribution in [0.2, 0.25) is 0 Å². The first-order chi connectivity index (χ1) is 6.40. The van der Waals surface area contributed by atoms with Crippen LogP contribution in [0.1, 0.15) is 13.8 Å². The second kappa shape index (κ2) is 5.56. The van der Waals surface area contributed by atoms with E-state index in [4.69, 9.17) is 15.3 Å². The van der Waals surface area contributed by atoms with Crippen LogP contribution in [0.15, 0.2) is 0 Å². The molecule has 2 unspecified atom stereocenters. The molecule has 0 heterocycles. The summed E-state index contributed by atoms with van der Waals surface area (Å²) in [6.45, 7) is 2.39. The van der Waals surface area contributed by atoms with Gasteiger partial charge in [-0.3, -0.25) is 4.79 Å². The summed E-state index contributed by atoms with van der Waals surface area (Å²) in [5.74, 6) is -2.64. The van der Waals surface area contributed by atoms with E-state index in [1.165, 1.54) is 0 Å². The van der Waals surface area contributed by atoms with Gasteiger partial charge >= 0.3 is 11.9 Å². The number of aliphatic hydroxyl groups is 2. The van der Waals surface area contributed by atoms with Crippen LogP contribution in [0.25, 0.3) is 0 Å². The normalized spacial score (nSPS) is 14.9. The predicted octanol–water partition coefficient (Wildman–Crippen LogP) is -1.01. The Balaban J connectivity index is 4.29. The number of aliphatic carboxylic acids is 1. The fraction of sp³-hybridized carbons (Fsp3) is 0.750. The third kappa shape index (κ3) is 3.71. The molecule has 0 radical (unpaired) electrons. The van der Waals surface area contributed by atoms with Crippen LogP contribution >= 0.6 is 0 Å². The van der Waals surface area contributed by atoms with Crippen molar-refractivity contribution in [3.8, 4) is 0 Å². The molecule has 0 saturated carbocycles. The highest BCUT2D eigenvalue weighted by molar-refractivity contribution is 5.75. The SMILES string of the molecule is CC(C)C(=O)OC(CO)C(O)C(=O)O. The van der Waals surface area contributed by atoms with Gasteiger partial charge in [0.15, 0.2) is 12.2 Å².